The summed E-state index contributed by atoms with van der Waals surface area (Å²) >= 11 is 12.0. The molecule has 3 aromatic rings. The first kappa shape index (κ1) is 14.5. The maximum absolute atomic E-state index is 12.2. The quantitative estimate of drug-likeness (QED) is 0.645. The molecule has 23 heavy (non-hydrogen) atoms. The lowest BCUT2D eigenvalue weighted by molar-refractivity contribution is 0.772. The molecule has 0 radical (unpaired) electrons. The van der Waals surface area contributed by atoms with Crippen molar-refractivity contribution in [2.75, 3.05) is 0 Å². The van der Waals surface area contributed by atoms with Gasteiger partial charge in [0.1, 0.15) is 5.82 Å². The molecule has 4 rings (SSSR count). The van der Waals surface area contributed by atoms with E-state index < -0.39 is 0 Å². The van der Waals surface area contributed by atoms with Crippen LogP contribution in [0, 0.1) is 0 Å². The molecule has 0 fully saturated rings. The van der Waals surface area contributed by atoms with Crippen molar-refractivity contribution >= 4 is 45.8 Å². The van der Waals surface area contributed by atoms with Gasteiger partial charge in [-0.3, -0.25) is 4.79 Å². The fraction of sp³-hybridized carbons (Fsp3) is 0.111. The number of allylic oxidation sites excluding steroid dienone is 1. The van der Waals surface area contributed by atoms with E-state index in [1.807, 2.05) is 42.5 Å². The number of hydrogen-bond acceptors (Lipinski definition) is 2. The van der Waals surface area contributed by atoms with Gasteiger partial charge in [0.2, 0.25) is 0 Å². The second-order valence-electron chi connectivity index (χ2n) is 5.50. The van der Waals surface area contributed by atoms with Gasteiger partial charge < -0.3 is 4.57 Å². The topological polar surface area (TPSA) is 34.9 Å². The summed E-state index contributed by atoms with van der Waals surface area (Å²) in [6.45, 7) is 0.816. The summed E-state index contributed by atoms with van der Waals surface area (Å²) in [6.07, 6.45) is 2.85. The van der Waals surface area contributed by atoms with Crippen LogP contribution >= 0.6 is 23.2 Å². The zero-order chi connectivity index (χ0) is 16.0. The Labute approximate surface area is 142 Å². The molecular weight excluding hydrogens is 331 g/mol. The molecule has 1 aromatic heterocycles. The normalized spacial score (nSPS) is 15.3. The molecule has 0 aliphatic carbocycles. The molecule has 1 aliphatic rings. The Kier molecular flexibility index (Phi) is 3.47. The molecule has 0 saturated heterocycles. The number of nitrogens with zero attached hydrogens (tertiary/aromatic N) is 2. The molecule has 2 heterocycles. The van der Waals surface area contributed by atoms with Crippen LogP contribution in [0.5, 0.6) is 0 Å². The average molecular weight is 343 g/mol. The second kappa shape index (κ2) is 5.52. The van der Waals surface area contributed by atoms with Gasteiger partial charge in [-0.05, 0) is 47.9 Å². The van der Waals surface area contributed by atoms with Gasteiger partial charge >= 0.3 is 0 Å². The van der Waals surface area contributed by atoms with Crippen LogP contribution < -0.4 is 5.56 Å². The van der Waals surface area contributed by atoms with Crippen LogP contribution in [0.1, 0.15) is 17.8 Å². The van der Waals surface area contributed by atoms with Gasteiger partial charge in [-0.2, -0.15) is 4.98 Å². The molecule has 0 bridgehead atoms. The van der Waals surface area contributed by atoms with Gasteiger partial charge in [0.15, 0.2) is 0 Å². The number of fused-ring (bicyclic) bond motifs is 3. The molecule has 0 amide bonds. The van der Waals surface area contributed by atoms with E-state index in [2.05, 4.69) is 9.55 Å². The third kappa shape index (κ3) is 2.46. The highest BCUT2D eigenvalue weighted by Gasteiger charge is 2.20. The van der Waals surface area contributed by atoms with Crippen LogP contribution in [0.2, 0.25) is 10.0 Å². The number of para-hydroxylation sites is 1. The zero-order valence-corrected chi connectivity index (χ0v) is 13.6. The summed E-state index contributed by atoms with van der Waals surface area (Å²) in [4.78, 5) is 16.5. The van der Waals surface area contributed by atoms with Gasteiger partial charge in [0, 0.05) is 6.54 Å². The average Bonchev–Trinajstić information content (AvgIpc) is 2.94. The van der Waals surface area contributed by atoms with E-state index in [9.17, 15) is 4.79 Å². The van der Waals surface area contributed by atoms with Crippen molar-refractivity contribution in [2.45, 2.75) is 13.0 Å². The van der Waals surface area contributed by atoms with Crippen molar-refractivity contribution in [1.29, 1.82) is 0 Å². The Morgan fingerprint density at radius 1 is 1.09 bits per heavy atom. The van der Waals surface area contributed by atoms with Gasteiger partial charge in [-0.15, -0.1) is 0 Å². The summed E-state index contributed by atoms with van der Waals surface area (Å²) < 4.78 is 2.10. The van der Waals surface area contributed by atoms with Crippen LogP contribution in [0.3, 0.4) is 0 Å². The van der Waals surface area contributed by atoms with Crippen molar-refractivity contribution in [1.82, 2.24) is 9.55 Å². The maximum atomic E-state index is 12.2. The summed E-state index contributed by atoms with van der Waals surface area (Å²) in [5.74, 6) is 0.736. The standard InChI is InChI=1S/C18H12Cl2N2O/c19-14-6-5-11(10-15(14)20)9-12-7-8-22-16-4-2-1-3-13(16)18(23)21-17(12)22/h1-6,9-10H,7-8H2/b12-9+. The lowest BCUT2D eigenvalue weighted by atomic mass is 10.1. The zero-order valence-electron chi connectivity index (χ0n) is 12.1. The van der Waals surface area contributed by atoms with Gasteiger partial charge in [0.25, 0.3) is 5.56 Å². The van der Waals surface area contributed by atoms with E-state index in [1.54, 1.807) is 6.07 Å². The minimum absolute atomic E-state index is 0.186. The number of rotatable bonds is 1. The van der Waals surface area contributed by atoms with Crippen molar-refractivity contribution in [2.24, 2.45) is 0 Å². The first-order chi connectivity index (χ1) is 11.1. The molecule has 3 nitrogen and oxygen atoms in total. The highest BCUT2D eigenvalue weighted by molar-refractivity contribution is 6.42. The van der Waals surface area contributed by atoms with E-state index in [1.165, 1.54) is 0 Å². The first-order valence-electron chi connectivity index (χ1n) is 7.29. The predicted molar refractivity (Wildman–Crippen MR) is 95.0 cm³/mol. The van der Waals surface area contributed by atoms with Crippen molar-refractivity contribution < 1.29 is 0 Å². The molecule has 114 valence electrons. The highest BCUT2D eigenvalue weighted by atomic mass is 35.5. The van der Waals surface area contributed by atoms with Crippen LogP contribution in [0.15, 0.2) is 47.3 Å². The summed E-state index contributed by atoms with van der Waals surface area (Å²) in [5, 5.41) is 1.70. The fourth-order valence-electron chi connectivity index (χ4n) is 2.98. The van der Waals surface area contributed by atoms with E-state index in [0.29, 0.717) is 15.4 Å². The van der Waals surface area contributed by atoms with Crippen LogP contribution in [0.4, 0.5) is 0 Å². The summed E-state index contributed by atoms with van der Waals surface area (Å²) in [7, 11) is 0. The van der Waals surface area contributed by atoms with E-state index in [4.69, 9.17) is 23.2 Å². The number of benzene rings is 2. The maximum Gasteiger partial charge on any atom is 0.281 e. The first-order valence-corrected chi connectivity index (χ1v) is 8.04. The molecule has 0 saturated carbocycles. The van der Waals surface area contributed by atoms with E-state index >= 15 is 0 Å². The Bertz CT molecular complexity index is 1020. The highest BCUT2D eigenvalue weighted by Crippen LogP contribution is 2.31. The Hall–Kier alpha value is -2.10. The van der Waals surface area contributed by atoms with E-state index in [-0.39, 0.29) is 5.56 Å². The van der Waals surface area contributed by atoms with Crippen molar-refractivity contribution in [3.63, 3.8) is 0 Å². The van der Waals surface area contributed by atoms with E-state index in [0.717, 1.165) is 35.4 Å². The number of aromatic nitrogens is 2. The number of hydrogen-bond donors (Lipinski definition) is 0. The van der Waals surface area contributed by atoms with Gasteiger partial charge in [-0.1, -0.05) is 41.4 Å². The Morgan fingerprint density at radius 3 is 2.74 bits per heavy atom. The molecule has 0 N–H and O–H groups in total. The monoisotopic (exact) mass is 342 g/mol. The fourth-order valence-corrected chi connectivity index (χ4v) is 3.28. The van der Waals surface area contributed by atoms with Crippen molar-refractivity contribution in [3.05, 3.63) is 74.3 Å². The number of halogens is 2. The Morgan fingerprint density at radius 2 is 1.91 bits per heavy atom. The molecule has 0 atom stereocenters. The third-order valence-electron chi connectivity index (χ3n) is 4.06. The summed E-state index contributed by atoms with van der Waals surface area (Å²) in [6, 6.07) is 13.1. The summed E-state index contributed by atoms with van der Waals surface area (Å²) in [5.41, 5.74) is 2.73. The molecule has 5 heteroatoms. The lowest BCUT2D eigenvalue weighted by Gasteiger charge is -2.07. The van der Waals surface area contributed by atoms with Gasteiger partial charge in [0.05, 0.1) is 20.9 Å². The van der Waals surface area contributed by atoms with Crippen LogP contribution in [-0.4, -0.2) is 9.55 Å². The lowest BCUT2D eigenvalue weighted by Crippen LogP contribution is -2.14. The molecule has 0 unspecified atom stereocenters. The molecule has 2 aromatic carbocycles. The minimum Gasteiger partial charge on any atom is -0.325 e. The van der Waals surface area contributed by atoms with Gasteiger partial charge in [-0.25, -0.2) is 0 Å². The second-order valence-corrected chi connectivity index (χ2v) is 6.32. The van der Waals surface area contributed by atoms with Crippen molar-refractivity contribution in [3.8, 4) is 0 Å². The minimum atomic E-state index is -0.186. The molecule has 0 spiro atoms. The number of aryl methyl sites for hydroxylation is 1. The SMILES string of the molecule is O=c1nc2n(c3ccccc13)CC/C2=C\c1ccc(Cl)c(Cl)c1. The third-order valence-corrected chi connectivity index (χ3v) is 4.80. The van der Waals surface area contributed by atoms with Crippen LogP contribution in [-0.2, 0) is 6.54 Å². The van der Waals surface area contributed by atoms with Crippen LogP contribution in [0.25, 0.3) is 22.6 Å². The smallest absolute Gasteiger partial charge is 0.281 e. The predicted octanol–water partition coefficient (Wildman–Crippen LogP) is 4.65. The molecular formula is C18H12Cl2N2O. The Balaban J connectivity index is 1.89. The molecule has 1 aliphatic heterocycles. The largest absolute Gasteiger partial charge is 0.325 e.